The Labute approximate surface area is 256 Å². The summed E-state index contributed by atoms with van der Waals surface area (Å²) in [5.74, 6) is -0.0787. The van der Waals surface area contributed by atoms with Gasteiger partial charge in [0.05, 0.1) is 21.5 Å². The van der Waals surface area contributed by atoms with E-state index < -0.39 is 17.1 Å². The minimum Gasteiger partial charge on any atom is -0.444 e. The summed E-state index contributed by atoms with van der Waals surface area (Å²) >= 11 is 1.31. The highest BCUT2D eigenvalue weighted by atomic mass is 32.1. The quantitative estimate of drug-likeness (QED) is 0.468. The maximum Gasteiger partial charge on any atom is 0.412 e. The van der Waals surface area contributed by atoms with Crippen molar-refractivity contribution in [1.82, 2.24) is 19.7 Å². The molecule has 230 valence electrons. The van der Waals surface area contributed by atoms with Gasteiger partial charge in [-0.1, -0.05) is 6.07 Å². The summed E-state index contributed by atoms with van der Waals surface area (Å²) in [6, 6.07) is 7.77. The van der Waals surface area contributed by atoms with Crippen molar-refractivity contribution in [2.45, 2.75) is 89.8 Å². The van der Waals surface area contributed by atoms with E-state index in [1.54, 1.807) is 37.9 Å². The highest BCUT2D eigenvalue weighted by molar-refractivity contribution is 7.20. The Morgan fingerprint density at radius 1 is 1.05 bits per heavy atom. The predicted octanol–water partition coefficient (Wildman–Crippen LogP) is 5.16. The fraction of sp³-hybridized carbons (Fsp3) is 0.594. The predicted molar refractivity (Wildman–Crippen MR) is 164 cm³/mol. The number of carbonyl (C=O) groups is 4. The fourth-order valence-electron chi connectivity index (χ4n) is 6.91. The van der Waals surface area contributed by atoms with E-state index in [9.17, 15) is 19.2 Å². The number of nitrogens with one attached hydrogen (secondary N) is 1. The Hall–Kier alpha value is -3.31. The number of nitrogens with zero attached hydrogens (tertiary/aromatic N) is 4. The number of likely N-dealkylation sites (tertiary alicyclic amines) is 3. The van der Waals surface area contributed by atoms with Crippen molar-refractivity contribution in [2.24, 2.45) is 5.41 Å². The lowest BCUT2D eigenvalue weighted by molar-refractivity contribution is -0.147. The molecule has 4 fully saturated rings. The van der Waals surface area contributed by atoms with Gasteiger partial charge in [0.15, 0.2) is 0 Å². The molecule has 1 spiro atoms. The summed E-state index contributed by atoms with van der Waals surface area (Å²) in [6.45, 7) is 8.08. The molecule has 3 aliphatic heterocycles. The van der Waals surface area contributed by atoms with Crippen LogP contribution in [0.1, 0.15) is 82.5 Å². The molecule has 0 aromatic carbocycles. The summed E-state index contributed by atoms with van der Waals surface area (Å²) in [5, 5.41) is 3.25. The Morgan fingerprint density at radius 3 is 2.47 bits per heavy atom. The SMILES string of the molecule is CC(C)(C)OC(=O)Nc1sc(-c2ccccn2)cc1C(=O)N1CCC(N2CCCC3(CC(=O)N(C4CCC4)C3=O)C2)CC1. The third-order valence-corrected chi connectivity index (χ3v) is 10.3. The van der Waals surface area contributed by atoms with Crippen molar-refractivity contribution in [3.8, 4) is 10.6 Å². The molecular formula is C32H41N5O5S. The van der Waals surface area contributed by atoms with Gasteiger partial charge in [-0.2, -0.15) is 0 Å². The molecule has 3 saturated heterocycles. The van der Waals surface area contributed by atoms with Crippen LogP contribution in [0.2, 0.25) is 0 Å². The van der Waals surface area contributed by atoms with Gasteiger partial charge >= 0.3 is 6.09 Å². The number of pyridine rings is 1. The molecule has 11 heteroatoms. The molecule has 1 atom stereocenters. The Balaban J connectivity index is 1.13. The summed E-state index contributed by atoms with van der Waals surface area (Å²) in [4.78, 5) is 64.0. The molecule has 0 radical (unpaired) electrons. The van der Waals surface area contributed by atoms with Crippen LogP contribution >= 0.6 is 11.3 Å². The van der Waals surface area contributed by atoms with Crippen LogP contribution in [0.5, 0.6) is 0 Å². The van der Waals surface area contributed by atoms with Crippen LogP contribution < -0.4 is 5.32 Å². The van der Waals surface area contributed by atoms with Crippen LogP contribution in [0.15, 0.2) is 30.5 Å². The first-order valence-electron chi connectivity index (χ1n) is 15.5. The van der Waals surface area contributed by atoms with E-state index in [0.29, 0.717) is 36.6 Å². The van der Waals surface area contributed by atoms with Crippen molar-refractivity contribution in [3.05, 3.63) is 36.0 Å². The monoisotopic (exact) mass is 607 g/mol. The first-order valence-corrected chi connectivity index (χ1v) is 16.3. The zero-order valence-electron chi connectivity index (χ0n) is 25.3. The maximum absolute atomic E-state index is 13.9. The largest absolute Gasteiger partial charge is 0.444 e. The summed E-state index contributed by atoms with van der Waals surface area (Å²) in [7, 11) is 0. The average molecular weight is 608 g/mol. The molecular weight excluding hydrogens is 566 g/mol. The third kappa shape index (κ3) is 6.06. The van der Waals surface area contributed by atoms with E-state index in [4.69, 9.17) is 4.74 Å². The number of ether oxygens (including phenoxy) is 1. The van der Waals surface area contributed by atoms with Crippen LogP contribution in [0.25, 0.3) is 10.6 Å². The van der Waals surface area contributed by atoms with E-state index in [1.807, 2.05) is 23.1 Å². The molecule has 5 heterocycles. The van der Waals surface area contributed by atoms with E-state index in [1.165, 1.54) is 11.3 Å². The minimum atomic E-state index is -0.671. The number of carbonyl (C=O) groups excluding carboxylic acids is 4. The zero-order chi connectivity index (χ0) is 30.4. The minimum absolute atomic E-state index is 0.00796. The fourth-order valence-corrected chi connectivity index (χ4v) is 7.92. The number of amides is 4. The van der Waals surface area contributed by atoms with E-state index in [0.717, 1.165) is 62.1 Å². The number of anilines is 1. The standard InChI is InChI=1S/C32H41N5O5S/c1-31(2,3)42-30(41)34-27-23(18-25(43-27)24-10-4-5-14-33-24)28(39)35-16-11-21(12-17-35)36-15-7-13-32(20-36)19-26(38)37(29(32)40)22-8-6-9-22/h4-5,10,14,18,21-22H,6-9,11-13,15-17,19-20H2,1-3H3,(H,34,41). The van der Waals surface area contributed by atoms with E-state index in [2.05, 4.69) is 15.2 Å². The number of hydrogen-bond donors (Lipinski definition) is 1. The van der Waals surface area contributed by atoms with Crippen LogP contribution in [0, 0.1) is 5.41 Å². The summed E-state index contributed by atoms with van der Waals surface area (Å²) in [6.07, 6.45) is 7.66. The van der Waals surface area contributed by atoms with E-state index in [-0.39, 0.29) is 29.8 Å². The molecule has 4 amide bonds. The average Bonchev–Trinajstić information content (AvgIpc) is 3.46. The Kier molecular flexibility index (Phi) is 8.06. The highest BCUT2D eigenvalue weighted by Crippen LogP contribution is 2.45. The van der Waals surface area contributed by atoms with Gasteiger partial charge in [-0.15, -0.1) is 11.3 Å². The molecule has 1 unspecified atom stereocenters. The normalized spacial score (nSPS) is 24.0. The highest BCUT2D eigenvalue weighted by Gasteiger charge is 2.56. The van der Waals surface area contributed by atoms with Crippen molar-refractivity contribution in [1.29, 1.82) is 0 Å². The number of imide groups is 1. The second-order valence-electron chi connectivity index (χ2n) is 13.4. The van der Waals surface area contributed by atoms with Crippen LogP contribution in [-0.2, 0) is 14.3 Å². The molecule has 4 aliphatic rings. The molecule has 2 aromatic heterocycles. The van der Waals surface area contributed by atoms with Crippen LogP contribution in [-0.4, -0.2) is 87.4 Å². The van der Waals surface area contributed by atoms with Gasteiger partial charge in [0.1, 0.15) is 10.6 Å². The van der Waals surface area contributed by atoms with Gasteiger partial charge in [-0.3, -0.25) is 34.5 Å². The molecule has 0 bridgehead atoms. The van der Waals surface area contributed by atoms with Gasteiger partial charge in [0.2, 0.25) is 11.8 Å². The van der Waals surface area contributed by atoms with E-state index >= 15 is 0 Å². The number of thiophene rings is 1. The topological polar surface area (TPSA) is 112 Å². The molecule has 1 aliphatic carbocycles. The summed E-state index contributed by atoms with van der Waals surface area (Å²) in [5.41, 5.74) is -0.0974. The lowest BCUT2D eigenvalue weighted by Gasteiger charge is -2.45. The number of piperidine rings is 2. The van der Waals surface area contributed by atoms with Crippen LogP contribution in [0.4, 0.5) is 9.80 Å². The second kappa shape index (κ2) is 11.6. The first-order chi connectivity index (χ1) is 20.5. The molecule has 6 rings (SSSR count). The molecule has 1 N–H and O–H groups in total. The van der Waals surface area contributed by atoms with Crippen molar-refractivity contribution in [3.63, 3.8) is 0 Å². The summed E-state index contributed by atoms with van der Waals surface area (Å²) < 4.78 is 5.46. The number of hydrogen-bond acceptors (Lipinski definition) is 8. The van der Waals surface area contributed by atoms with Crippen molar-refractivity contribution >= 4 is 40.2 Å². The smallest absolute Gasteiger partial charge is 0.412 e. The number of rotatable bonds is 5. The van der Waals surface area contributed by atoms with Gasteiger partial charge < -0.3 is 9.64 Å². The molecule has 2 aromatic rings. The molecule has 10 nitrogen and oxygen atoms in total. The van der Waals surface area contributed by atoms with Crippen LogP contribution in [0.3, 0.4) is 0 Å². The van der Waals surface area contributed by atoms with Gasteiger partial charge in [-0.25, -0.2) is 4.79 Å². The Morgan fingerprint density at radius 2 is 1.81 bits per heavy atom. The van der Waals surface area contributed by atoms with Gasteiger partial charge in [-0.05, 0) is 90.5 Å². The third-order valence-electron chi connectivity index (χ3n) is 9.24. The maximum atomic E-state index is 13.9. The van der Waals surface area contributed by atoms with Crippen molar-refractivity contribution in [2.75, 3.05) is 31.5 Å². The number of aromatic nitrogens is 1. The Bertz CT molecular complexity index is 1390. The van der Waals surface area contributed by atoms with Crippen molar-refractivity contribution < 1.29 is 23.9 Å². The lowest BCUT2D eigenvalue weighted by Crippen LogP contribution is -2.55. The first kappa shape index (κ1) is 29.7. The zero-order valence-corrected chi connectivity index (χ0v) is 26.1. The molecule has 1 saturated carbocycles. The molecule has 43 heavy (non-hydrogen) atoms. The second-order valence-corrected chi connectivity index (χ2v) is 14.5. The van der Waals surface area contributed by atoms with Gasteiger partial charge in [0.25, 0.3) is 5.91 Å². The van der Waals surface area contributed by atoms with Gasteiger partial charge in [0, 0.05) is 44.3 Å². The lowest BCUT2D eigenvalue weighted by atomic mass is 9.77.